The van der Waals surface area contributed by atoms with Gasteiger partial charge < -0.3 is 34.0 Å². The van der Waals surface area contributed by atoms with Crippen LogP contribution >= 0.6 is 0 Å². The smallest absolute Gasteiger partial charge is 1.00 e. The van der Waals surface area contributed by atoms with Crippen LogP contribution in [0.25, 0.3) is 0 Å². The maximum absolute atomic E-state index is 4.94. The third-order valence-electron chi connectivity index (χ3n) is 5.49. The van der Waals surface area contributed by atoms with E-state index in [9.17, 15) is 0 Å². The molecule has 1 aromatic heterocycles. The number of nitrogens with zero attached hydrogens (tertiary/aromatic N) is 3. The Hall–Kier alpha value is -1.60. The van der Waals surface area contributed by atoms with Crippen LogP contribution in [-0.4, -0.2) is 16.4 Å². The fraction of sp³-hybridized carbons (Fsp3) is 0.345. The van der Waals surface area contributed by atoms with E-state index < -0.39 is 0 Å². The standard InChI is InChI=1S/C29H35N3.2BrH.Co/c1-20(30-26-16-11-9-14-22(26)28(3,4)5)24-18-13-19-25(32-24)21(2)31-27-17-12-10-15-23(27)29(6,7)8;;;/h9-19H,1-8H3;2*1H;/q;;;+2/p-2. The maximum atomic E-state index is 4.94. The molecule has 2 aromatic carbocycles. The molecule has 3 rings (SSSR count). The topological polar surface area (TPSA) is 37.6 Å². The number of hydrogen-bond acceptors (Lipinski definition) is 3. The van der Waals surface area contributed by atoms with Crippen LogP contribution in [0, 0.1) is 0 Å². The number of rotatable bonds is 4. The van der Waals surface area contributed by atoms with Crippen LogP contribution in [0.2, 0.25) is 0 Å². The van der Waals surface area contributed by atoms with Gasteiger partial charge in [-0.25, -0.2) is 4.98 Å². The molecule has 1 radical (unpaired) electrons. The van der Waals surface area contributed by atoms with E-state index >= 15 is 0 Å². The Morgan fingerprint density at radius 2 is 0.914 bits per heavy atom. The van der Waals surface area contributed by atoms with Crippen molar-refractivity contribution in [1.82, 2.24) is 4.98 Å². The Balaban J connectivity index is 0.00000385. The second kappa shape index (κ2) is 13.6. The predicted octanol–water partition coefficient (Wildman–Crippen LogP) is 1.96. The SMILES string of the molecule is CC(=Nc1ccccc1C(C)(C)C)c1cccc(C(C)=Nc2ccccc2C(C)(C)C)n1.[Br-].[Br-].[Co+2]. The molecular weight excluding hydrogens is 609 g/mol. The molecule has 0 fully saturated rings. The van der Waals surface area contributed by atoms with E-state index in [1.807, 2.05) is 44.2 Å². The molecule has 0 saturated heterocycles. The molecule has 35 heavy (non-hydrogen) atoms. The first kappa shape index (κ1) is 33.4. The first-order valence-corrected chi connectivity index (χ1v) is 11.2. The minimum absolute atomic E-state index is 0. The molecular formula is C29H35Br2CoN3. The zero-order valence-corrected chi connectivity index (χ0v) is 26.0. The van der Waals surface area contributed by atoms with Crippen molar-refractivity contribution in [3.8, 4) is 0 Å². The monoisotopic (exact) mass is 642 g/mol. The van der Waals surface area contributed by atoms with E-state index in [1.54, 1.807) is 0 Å². The molecule has 1 heterocycles. The molecule has 189 valence electrons. The van der Waals surface area contributed by atoms with E-state index in [2.05, 4.69) is 77.9 Å². The van der Waals surface area contributed by atoms with Crippen LogP contribution < -0.4 is 34.0 Å². The molecule has 0 saturated carbocycles. The molecule has 0 atom stereocenters. The minimum atomic E-state index is 0. The quantitative estimate of drug-likeness (QED) is 0.401. The van der Waals surface area contributed by atoms with E-state index in [0.717, 1.165) is 34.2 Å². The van der Waals surface area contributed by atoms with E-state index in [1.165, 1.54) is 11.1 Å². The van der Waals surface area contributed by atoms with E-state index in [4.69, 9.17) is 15.0 Å². The molecule has 0 amide bonds. The van der Waals surface area contributed by atoms with Gasteiger partial charge in [-0.05, 0) is 60.1 Å². The molecule has 0 aliphatic rings. The third-order valence-corrected chi connectivity index (χ3v) is 5.49. The Morgan fingerprint density at radius 3 is 1.26 bits per heavy atom. The molecule has 0 unspecified atom stereocenters. The van der Waals surface area contributed by atoms with Gasteiger partial charge in [0, 0.05) is 0 Å². The summed E-state index contributed by atoms with van der Waals surface area (Å²) in [6.45, 7) is 17.3. The van der Waals surface area contributed by atoms with E-state index in [0.29, 0.717) is 0 Å². The van der Waals surface area contributed by atoms with Crippen molar-refractivity contribution in [2.75, 3.05) is 0 Å². The Morgan fingerprint density at radius 1 is 0.571 bits per heavy atom. The summed E-state index contributed by atoms with van der Waals surface area (Å²) in [5.74, 6) is 0. The predicted molar refractivity (Wildman–Crippen MR) is 138 cm³/mol. The number of aliphatic imine (C=N–C) groups is 2. The van der Waals surface area contributed by atoms with Gasteiger partial charge in [0.15, 0.2) is 0 Å². The van der Waals surface area contributed by atoms with Crippen LogP contribution in [0.4, 0.5) is 11.4 Å². The van der Waals surface area contributed by atoms with Gasteiger partial charge in [0.05, 0.1) is 34.2 Å². The van der Waals surface area contributed by atoms with Gasteiger partial charge >= 0.3 is 16.8 Å². The fourth-order valence-corrected chi connectivity index (χ4v) is 3.72. The zero-order valence-electron chi connectivity index (χ0n) is 21.8. The van der Waals surface area contributed by atoms with Gasteiger partial charge in [-0.15, -0.1) is 0 Å². The van der Waals surface area contributed by atoms with Crippen LogP contribution in [-0.2, 0) is 27.6 Å². The van der Waals surface area contributed by atoms with Crippen LogP contribution in [0.1, 0.15) is 77.9 Å². The molecule has 0 N–H and O–H groups in total. The number of aromatic nitrogens is 1. The summed E-state index contributed by atoms with van der Waals surface area (Å²) in [5.41, 5.74) is 8.02. The normalized spacial score (nSPS) is 12.2. The molecule has 3 aromatic rings. The molecule has 0 bridgehead atoms. The van der Waals surface area contributed by atoms with Crippen molar-refractivity contribution in [3.63, 3.8) is 0 Å². The fourth-order valence-electron chi connectivity index (χ4n) is 3.72. The molecule has 0 aliphatic heterocycles. The first-order chi connectivity index (χ1) is 15.0. The van der Waals surface area contributed by atoms with Gasteiger partial charge in [0.1, 0.15) is 0 Å². The van der Waals surface area contributed by atoms with E-state index in [-0.39, 0.29) is 61.6 Å². The van der Waals surface area contributed by atoms with Gasteiger partial charge in [0.25, 0.3) is 0 Å². The van der Waals surface area contributed by atoms with Crippen molar-refractivity contribution in [2.24, 2.45) is 9.98 Å². The van der Waals surface area contributed by atoms with Crippen LogP contribution in [0.15, 0.2) is 76.7 Å². The van der Waals surface area contributed by atoms with Gasteiger partial charge in [0.2, 0.25) is 0 Å². The van der Waals surface area contributed by atoms with Gasteiger partial charge in [-0.1, -0.05) is 84.0 Å². The summed E-state index contributed by atoms with van der Waals surface area (Å²) in [6, 6.07) is 22.7. The van der Waals surface area contributed by atoms with Gasteiger partial charge in [-0.2, -0.15) is 0 Å². The van der Waals surface area contributed by atoms with Crippen LogP contribution in [0.5, 0.6) is 0 Å². The number of para-hydroxylation sites is 2. The summed E-state index contributed by atoms with van der Waals surface area (Å²) >= 11 is 0. The van der Waals surface area contributed by atoms with Crippen LogP contribution in [0.3, 0.4) is 0 Å². The first-order valence-electron chi connectivity index (χ1n) is 11.2. The Kier molecular flexibility index (Phi) is 13.0. The second-order valence-electron chi connectivity index (χ2n) is 10.3. The minimum Gasteiger partial charge on any atom is -1.00 e. The number of hydrogen-bond donors (Lipinski definition) is 0. The van der Waals surface area contributed by atoms with Crippen molar-refractivity contribution < 1.29 is 50.7 Å². The van der Waals surface area contributed by atoms with Crippen molar-refractivity contribution in [3.05, 3.63) is 89.2 Å². The summed E-state index contributed by atoms with van der Waals surface area (Å²) in [7, 11) is 0. The molecule has 0 spiro atoms. The average Bonchev–Trinajstić information content (AvgIpc) is 2.73. The third kappa shape index (κ3) is 8.78. The summed E-state index contributed by atoms with van der Waals surface area (Å²) in [4.78, 5) is 14.8. The van der Waals surface area contributed by atoms with Crippen molar-refractivity contribution in [1.29, 1.82) is 0 Å². The average molecular weight is 644 g/mol. The summed E-state index contributed by atoms with van der Waals surface area (Å²) in [5, 5.41) is 0. The zero-order chi connectivity index (χ0) is 23.5. The Labute approximate surface area is 242 Å². The second-order valence-corrected chi connectivity index (χ2v) is 10.3. The molecule has 3 nitrogen and oxygen atoms in total. The molecule has 0 aliphatic carbocycles. The number of halogens is 2. The number of benzene rings is 2. The van der Waals surface area contributed by atoms with Crippen molar-refractivity contribution in [2.45, 2.75) is 66.2 Å². The Bertz CT molecular complexity index is 1080. The number of pyridine rings is 1. The van der Waals surface area contributed by atoms with Gasteiger partial charge in [-0.3, -0.25) is 9.98 Å². The van der Waals surface area contributed by atoms with Crippen molar-refractivity contribution >= 4 is 22.8 Å². The largest absolute Gasteiger partial charge is 2.00 e. The summed E-state index contributed by atoms with van der Waals surface area (Å²) < 4.78 is 0. The maximum Gasteiger partial charge on any atom is 2.00 e. The molecule has 6 heteroatoms. The summed E-state index contributed by atoms with van der Waals surface area (Å²) in [6.07, 6.45) is 0.